The van der Waals surface area contributed by atoms with E-state index < -0.39 is 0 Å². The number of carbonyl (C=O) groups excluding carboxylic acids is 2. The molecule has 1 aliphatic heterocycles. The maximum Gasteiger partial charge on any atom is 0.227 e. The first-order valence-corrected chi connectivity index (χ1v) is 11.1. The lowest BCUT2D eigenvalue weighted by Gasteiger charge is -2.16. The molecule has 2 aromatic rings. The van der Waals surface area contributed by atoms with Crippen molar-refractivity contribution >= 4 is 17.5 Å². The quantitative estimate of drug-likeness (QED) is 0.708. The summed E-state index contributed by atoms with van der Waals surface area (Å²) in [6.45, 7) is 1.25. The lowest BCUT2D eigenvalue weighted by atomic mass is 10.1. The molecule has 2 aliphatic rings. The van der Waals surface area contributed by atoms with Crippen molar-refractivity contribution < 1.29 is 14.3 Å². The summed E-state index contributed by atoms with van der Waals surface area (Å²) in [5.41, 5.74) is 3.05. The Balaban J connectivity index is 1.25. The molecule has 1 saturated carbocycles. The van der Waals surface area contributed by atoms with Crippen molar-refractivity contribution in [2.24, 2.45) is 0 Å². The Labute approximate surface area is 178 Å². The van der Waals surface area contributed by atoms with Crippen LogP contribution in [-0.4, -0.2) is 24.5 Å². The van der Waals surface area contributed by atoms with E-state index in [1.807, 2.05) is 47.4 Å². The molecule has 5 heteroatoms. The third kappa shape index (κ3) is 5.41. The van der Waals surface area contributed by atoms with Crippen LogP contribution in [0.2, 0.25) is 0 Å². The molecule has 0 atom stereocenters. The molecule has 2 amide bonds. The second-order valence-electron chi connectivity index (χ2n) is 8.27. The molecule has 1 aliphatic carbocycles. The number of rotatable bonds is 8. The van der Waals surface area contributed by atoms with Crippen LogP contribution in [0, 0.1) is 0 Å². The van der Waals surface area contributed by atoms with Gasteiger partial charge in [0.1, 0.15) is 5.75 Å². The molecular formula is C25H30N2O3. The molecule has 0 unspecified atom stereocenters. The largest absolute Gasteiger partial charge is 0.490 e. The summed E-state index contributed by atoms with van der Waals surface area (Å²) in [5, 5.41) is 3.00. The SMILES string of the molecule is O=C(CCc1cccc(OC2CCCC2)c1)NCc1cccc(N2CCCC2=O)c1. The van der Waals surface area contributed by atoms with Gasteiger partial charge in [-0.3, -0.25) is 9.59 Å². The fourth-order valence-corrected chi connectivity index (χ4v) is 4.28. The summed E-state index contributed by atoms with van der Waals surface area (Å²) in [6.07, 6.45) is 7.78. The van der Waals surface area contributed by atoms with Gasteiger partial charge in [-0.15, -0.1) is 0 Å². The third-order valence-electron chi connectivity index (χ3n) is 5.93. The van der Waals surface area contributed by atoms with Gasteiger partial charge in [-0.1, -0.05) is 24.3 Å². The molecule has 1 N–H and O–H groups in total. The van der Waals surface area contributed by atoms with Crippen LogP contribution in [0.1, 0.15) is 56.1 Å². The van der Waals surface area contributed by atoms with Crippen LogP contribution in [0.3, 0.4) is 0 Å². The van der Waals surface area contributed by atoms with E-state index in [0.717, 1.165) is 48.4 Å². The normalized spacial score (nSPS) is 16.8. The number of ether oxygens (including phenoxy) is 1. The number of hydrogen-bond donors (Lipinski definition) is 1. The predicted molar refractivity (Wildman–Crippen MR) is 118 cm³/mol. The molecular weight excluding hydrogens is 376 g/mol. The minimum atomic E-state index is 0.0276. The number of nitrogens with one attached hydrogen (secondary N) is 1. The van der Waals surface area contributed by atoms with E-state index >= 15 is 0 Å². The lowest BCUT2D eigenvalue weighted by Crippen LogP contribution is -2.25. The standard InChI is InChI=1S/C25H30N2O3/c28-24(14-13-19-6-4-11-23(17-19)30-22-9-1-2-10-22)26-18-20-7-3-8-21(16-20)27-15-5-12-25(27)29/h3-4,6-8,11,16-17,22H,1-2,5,9-10,12-15,18H2,(H,26,28). The van der Waals surface area contributed by atoms with Crippen LogP contribution in [0.4, 0.5) is 5.69 Å². The Morgan fingerprint density at radius 3 is 2.63 bits per heavy atom. The van der Waals surface area contributed by atoms with Crippen LogP contribution >= 0.6 is 0 Å². The Kier molecular flexibility index (Phi) is 6.67. The van der Waals surface area contributed by atoms with Crippen LogP contribution < -0.4 is 15.0 Å². The molecule has 2 aromatic carbocycles. The fourth-order valence-electron chi connectivity index (χ4n) is 4.28. The van der Waals surface area contributed by atoms with Gasteiger partial charge in [0.15, 0.2) is 0 Å². The van der Waals surface area contributed by atoms with E-state index in [1.54, 1.807) is 0 Å². The van der Waals surface area contributed by atoms with Gasteiger partial charge in [0.2, 0.25) is 11.8 Å². The van der Waals surface area contributed by atoms with Gasteiger partial charge in [0.05, 0.1) is 6.10 Å². The van der Waals surface area contributed by atoms with Gasteiger partial charge in [-0.25, -0.2) is 0 Å². The first kappa shape index (κ1) is 20.5. The average molecular weight is 407 g/mol. The number of anilines is 1. The molecule has 5 nitrogen and oxygen atoms in total. The topological polar surface area (TPSA) is 58.6 Å². The van der Waals surface area contributed by atoms with Crippen LogP contribution in [0.25, 0.3) is 0 Å². The Morgan fingerprint density at radius 1 is 1.03 bits per heavy atom. The smallest absolute Gasteiger partial charge is 0.227 e. The van der Waals surface area contributed by atoms with E-state index in [4.69, 9.17) is 4.74 Å². The molecule has 158 valence electrons. The van der Waals surface area contributed by atoms with E-state index in [-0.39, 0.29) is 11.8 Å². The zero-order valence-electron chi connectivity index (χ0n) is 17.4. The highest BCUT2D eigenvalue weighted by atomic mass is 16.5. The van der Waals surface area contributed by atoms with E-state index in [2.05, 4.69) is 11.4 Å². The van der Waals surface area contributed by atoms with Crippen LogP contribution in [0.15, 0.2) is 48.5 Å². The lowest BCUT2D eigenvalue weighted by molar-refractivity contribution is -0.121. The Morgan fingerprint density at radius 2 is 1.83 bits per heavy atom. The molecule has 4 rings (SSSR count). The summed E-state index contributed by atoms with van der Waals surface area (Å²) < 4.78 is 6.06. The summed E-state index contributed by atoms with van der Waals surface area (Å²) in [5.74, 6) is 1.11. The predicted octanol–water partition coefficient (Wildman–Crippen LogP) is 4.38. The maximum atomic E-state index is 12.3. The summed E-state index contributed by atoms with van der Waals surface area (Å²) in [7, 11) is 0. The highest BCUT2D eigenvalue weighted by Gasteiger charge is 2.21. The van der Waals surface area contributed by atoms with Gasteiger partial charge < -0.3 is 15.0 Å². The second-order valence-corrected chi connectivity index (χ2v) is 8.27. The van der Waals surface area contributed by atoms with Crippen molar-refractivity contribution in [1.82, 2.24) is 5.32 Å². The second kappa shape index (κ2) is 9.79. The number of aryl methyl sites for hydroxylation is 1. The maximum absolute atomic E-state index is 12.3. The van der Waals surface area contributed by atoms with Crippen LogP contribution in [0.5, 0.6) is 5.75 Å². The number of nitrogens with zero attached hydrogens (tertiary/aromatic N) is 1. The average Bonchev–Trinajstić information content (AvgIpc) is 3.43. The van der Waals surface area contributed by atoms with Gasteiger partial charge in [0, 0.05) is 31.6 Å². The minimum Gasteiger partial charge on any atom is -0.490 e. The molecule has 0 aromatic heterocycles. The Hall–Kier alpha value is -2.82. The molecule has 30 heavy (non-hydrogen) atoms. The summed E-state index contributed by atoms with van der Waals surface area (Å²) >= 11 is 0. The number of carbonyl (C=O) groups is 2. The van der Waals surface area contributed by atoms with Gasteiger partial charge in [0.25, 0.3) is 0 Å². The van der Waals surface area contributed by atoms with Crippen molar-refractivity contribution in [2.45, 2.75) is 64.0 Å². The van der Waals surface area contributed by atoms with Gasteiger partial charge in [-0.05, 0) is 73.9 Å². The Bertz CT molecular complexity index is 889. The zero-order valence-corrected chi connectivity index (χ0v) is 17.4. The fraction of sp³-hybridized carbons (Fsp3) is 0.440. The van der Waals surface area contributed by atoms with E-state index in [9.17, 15) is 9.59 Å². The van der Waals surface area contributed by atoms with E-state index in [0.29, 0.717) is 31.9 Å². The first-order chi connectivity index (χ1) is 14.7. The molecule has 1 heterocycles. The van der Waals surface area contributed by atoms with Gasteiger partial charge >= 0.3 is 0 Å². The highest BCUT2D eigenvalue weighted by molar-refractivity contribution is 5.95. The molecule has 1 saturated heterocycles. The highest BCUT2D eigenvalue weighted by Crippen LogP contribution is 2.25. The molecule has 0 radical (unpaired) electrons. The van der Waals surface area contributed by atoms with Crippen molar-refractivity contribution in [3.63, 3.8) is 0 Å². The van der Waals surface area contributed by atoms with Crippen molar-refractivity contribution in [3.8, 4) is 5.75 Å². The number of benzene rings is 2. The molecule has 2 fully saturated rings. The van der Waals surface area contributed by atoms with Gasteiger partial charge in [-0.2, -0.15) is 0 Å². The van der Waals surface area contributed by atoms with E-state index in [1.165, 1.54) is 12.8 Å². The van der Waals surface area contributed by atoms with Crippen LogP contribution in [-0.2, 0) is 22.6 Å². The molecule has 0 bridgehead atoms. The molecule has 0 spiro atoms. The van der Waals surface area contributed by atoms with Crippen molar-refractivity contribution in [2.75, 3.05) is 11.4 Å². The third-order valence-corrected chi connectivity index (χ3v) is 5.93. The monoisotopic (exact) mass is 406 g/mol. The number of amides is 2. The zero-order chi connectivity index (χ0) is 20.8. The minimum absolute atomic E-state index is 0.0276. The van der Waals surface area contributed by atoms with Crippen molar-refractivity contribution in [3.05, 3.63) is 59.7 Å². The number of hydrogen-bond acceptors (Lipinski definition) is 3. The first-order valence-electron chi connectivity index (χ1n) is 11.1. The van der Waals surface area contributed by atoms with Crippen molar-refractivity contribution in [1.29, 1.82) is 0 Å². The summed E-state index contributed by atoms with van der Waals surface area (Å²) in [4.78, 5) is 26.1. The summed E-state index contributed by atoms with van der Waals surface area (Å²) in [6, 6.07) is 16.0.